The Morgan fingerprint density at radius 2 is 1.64 bits per heavy atom. The number of halogens is 1. The van der Waals surface area contributed by atoms with E-state index >= 15 is 0 Å². The first-order valence-corrected chi connectivity index (χ1v) is 13.1. The molecule has 174 valence electrons. The zero-order valence-corrected chi connectivity index (χ0v) is 19.7. The third-order valence-corrected chi connectivity index (χ3v) is 8.66. The SMILES string of the molecule is COc1ccc(S(=O)(=O)Nc2ccc3c(c2)N(S(=O)(=O)c2ccc(C)cc2)CCC3)cc1F. The van der Waals surface area contributed by atoms with Crippen LogP contribution in [-0.4, -0.2) is 30.5 Å². The van der Waals surface area contributed by atoms with Gasteiger partial charge in [0.15, 0.2) is 11.6 Å². The average Bonchev–Trinajstić information content (AvgIpc) is 2.78. The molecule has 3 aromatic rings. The predicted octanol–water partition coefficient (Wildman–Crippen LogP) is 4.09. The van der Waals surface area contributed by atoms with Gasteiger partial charge < -0.3 is 4.74 Å². The van der Waals surface area contributed by atoms with Gasteiger partial charge in [0.2, 0.25) is 0 Å². The Morgan fingerprint density at radius 1 is 0.939 bits per heavy atom. The van der Waals surface area contributed by atoms with E-state index in [0.717, 1.165) is 17.2 Å². The van der Waals surface area contributed by atoms with Crippen LogP contribution in [-0.2, 0) is 26.5 Å². The van der Waals surface area contributed by atoms with Crippen molar-refractivity contribution in [3.63, 3.8) is 0 Å². The topological polar surface area (TPSA) is 92.8 Å². The number of hydrogen-bond donors (Lipinski definition) is 1. The summed E-state index contributed by atoms with van der Waals surface area (Å²) in [5, 5.41) is 0. The fourth-order valence-electron chi connectivity index (χ4n) is 3.72. The molecule has 1 N–H and O–H groups in total. The number of sulfonamides is 2. The van der Waals surface area contributed by atoms with Crippen LogP contribution in [0.4, 0.5) is 15.8 Å². The predicted molar refractivity (Wildman–Crippen MR) is 124 cm³/mol. The summed E-state index contributed by atoms with van der Waals surface area (Å²) in [4.78, 5) is -0.108. The van der Waals surface area contributed by atoms with Gasteiger partial charge in [0.25, 0.3) is 20.0 Å². The summed E-state index contributed by atoms with van der Waals surface area (Å²) in [5.74, 6) is -0.874. The monoisotopic (exact) mass is 490 g/mol. The summed E-state index contributed by atoms with van der Waals surface area (Å²) < 4.78 is 74.8. The summed E-state index contributed by atoms with van der Waals surface area (Å²) in [5.41, 5.74) is 2.34. The maximum atomic E-state index is 14.0. The molecule has 0 saturated carbocycles. The molecule has 0 amide bonds. The number of hydrogen-bond acceptors (Lipinski definition) is 5. The number of fused-ring (bicyclic) bond motifs is 1. The van der Waals surface area contributed by atoms with Crippen LogP contribution in [0.3, 0.4) is 0 Å². The van der Waals surface area contributed by atoms with Gasteiger partial charge in [-0.1, -0.05) is 23.8 Å². The summed E-state index contributed by atoms with van der Waals surface area (Å²) >= 11 is 0. The van der Waals surface area contributed by atoms with E-state index in [1.54, 1.807) is 36.4 Å². The van der Waals surface area contributed by atoms with Gasteiger partial charge in [-0.3, -0.25) is 9.03 Å². The Balaban J connectivity index is 1.68. The quantitative estimate of drug-likeness (QED) is 0.562. The molecule has 0 aliphatic carbocycles. The second-order valence-corrected chi connectivity index (χ2v) is 11.3. The van der Waals surface area contributed by atoms with Crippen molar-refractivity contribution < 1.29 is 26.0 Å². The average molecular weight is 491 g/mol. The molecule has 33 heavy (non-hydrogen) atoms. The Hall–Kier alpha value is -3.11. The van der Waals surface area contributed by atoms with Crippen LogP contribution in [0.2, 0.25) is 0 Å². The normalized spacial score (nSPS) is 14.0. The van der Waals surface area contributed by atoms with Gasteiger partial charge in [0, 0.05) is 6.54 Å². The first-order valence-electron chi connectivity index (χ1n) is 10.2. The third kappa shape index (κ3) is 4.53. The Labute approximate surface area is 192 Å². The molecule has 0 spiro atoms. The lowest BCUT2D eigenvalue weighted by molar-refractivity contribution is 0.385. The van der Waals surface area contributed by atoms with Crippen molar-refractivity contribution in [2.24, 2.45) is 0 Å². The lowest BCUT2D eigenvalue weighted by Gasteiger charge is -2.31. The minimum atomic E-state index is -4.11. The third-order valence-electron chi connectivity index (χ3n) is 5.46. The molecule has 1 aliphatic heterocycles. The van der Waals surface area contributed by atoms with Crippen molar-refractivity contribution in [3.05, 3.63) is 77.6 Å². The highest BCUT2D eigenvalue weighted by atomic mass is 32.2. The van der Waals surface area contributed by atoms with Crippen LogP contribution in [0.1, 0.15) is 17.5 Å². The van der Waals surface area contributed by atoms with Gasteiger partial charge in [-0.05, 0) is 67.8 Å². The number of methoxy groups -OCH3 is 1. The largest absolute Gasteiger partial charge is 0.494 e. The summed E-state index contributed by atoms with van der Waals surface area (Å²) in [6.45, 7) is 2.16. The Kier molecular flexibility index (Phi) is 6.06. The minimum Gasteiger partial charge on any atom is -0.494 e. The van der Waals surface area contributed by atoms with Gasteiger partial charge >= 0.3 is 0 Å². The van der Waals surface area contributed by atoms with Crippen LogP contribution in [0, 0.1) is 12.7 Å². The van der Waals surface area contributed by atoms with E-state index < -0.39 is 25.9 Å². The van der Waals surface area contributed by atoms with Gasteiger partial charge in [-0.15, -0.1) is 0 Å². The number of rotatable bonds is 6. The van der Waals surface area contributed by atoms with Gasteiger partial charge in [0.05, 0.1) is 28.3 Å². The molecule has 10 heteroatoms. The first-order chi connectivity index (χ1) is 15.6. The number of nitrogens with one attached hydrogen (secondary N) is 1. The highest BCUT2D eigenvalue weighted by Gasteiger charge is 2.29. The fraction of sp³-hybridized carbons (Fsp3) is 0.217. The molecule has 1 aliphatic rings. The Morgan fingerprint density at radius 3 is 2.30 bits per heavy atom. The van der Waals surface area contributed by atoms with Crippen LogP contribution >= 0.6 is 0 Å². The van der Waals surface area contributed by atoms with E-state index in [1.807, 2.05) is 6.92 Å². The van der Waals surface area contributed by atoms with Crippen LogP contribution in [0.15, 0.2) is 70.5 Å². The second kappa shape index (κ2) is 8.68. The molecule has 3 aromatic carbocycles. The molecule has 0 aromatic heterocycles. The van der Waals surface area contributed by atoms with Gasteiger partial charge in [-0.25, -0.2) is 21.2 Å². The van der Waals surface area contributed by atoms with Crippen LogP contribution < -0.4 is 13.8 Å². The molecule has 0 fully saturated rings. The smallest absolute Gasteiger partial charge is 0.264 e. The maximum Gasteiger partial charge on any atom is 0.264 e. The molecule has 0 bridgehead atoms. The molecule has 1 heterocycles. The van der Waals surface area contributed by atoms with Crippen LogP contribution in [0.25, 0.3) is 0 Å². The van der Waals surface area contributed by atoms with E-state index in [2.05, 4.69) is 4.72 Å². The standard InChI is InChI=1S/C23H23FN2O5S2/c1-16-5-9-19(10-6-16)33(29,30)26-13-3-4-17-7-8-18(14-22(17)26)25-32(27,28)20-11-12-23(31-2)21(24)15-20/h5-12,14-15,25H,3-4,13H2,1-2H3. The molecular formula is C23H23FN2O5S2. The molecule has 7 nitrogen and oxygen atoms in total. The van der Waals surface area contributed by atoms with Crippen molar-refractivity contribution in [3.8, 4) is 5.75 Å². The highest BCUT2D eigenvalue weighted by Crippen LogP contribution is 2.35. The zero-order chi connectivity index (χ0) is 23.8. The van der Waals surface area contributed by atoms with E-state index in [9.17, 15) is 21.2 Å². The summed E-state index contributed by atoms with van der Waals surface area (Å²) in [7, 11) is -6.65. The lowest BCUT2D eigenvalue weighted by atomic mass is 10.0. The van der Waals surface area contributed by atoms with Crippen molar-refractivity contribution in [2.75, 3.05) is 22.7 Å². The number of benzene rings is 3. The summed E-state index contributed by atoms with van der Waals surface area (Å²) in [6, 6.07) is 14.7. The number of ether oxygens (including phenoxy) is 1. The van der Waals surface area contributed by atoms with Gasteiger partial charge in [0.1, 0.15) is 0 Å². The van der Waals surface area contributed by atoms with Crippen LogP contribution in [0.5, 0.6) is 5.75 Å². The molecule has 0 radical (unpaired) electrons. The van der Waals surface area contributed by atoms with E-state index in [4.69, 9.17) is 4.74 Å². The Bertz CT molecular complexity index is 1410. The fourth-order valence-corrected chi connectivity index (χ4v) is 6.31. The van der Waals surface area contributed by atoms with Crippen molar-refractivity contribution in [2.45, 2.75) is 29.6 Å². The van der Waals surface area contributed by atoms with Crippen molar-refractivity contribution in [1.29, 1.82) is 0 Å². The zero-order valence-electron chi connectivity index (χ0n) is 18.1. The summed E-state index contributed by atoms with van der Waals surface area (Å²) in [6.07, 6.45) is 1.32. The molecule has 0 saturated heterocycles. The molecule has 0 unspecified atom stereocenters. The number of nitrogens with zero attached hydrogens (tertiary/aromatic N) is 1. The van der Waals surface area contributed by atoms with Crippen molar-refractivity contribution >= 4 is 31.4 Å². The lowest BCUT2D eigenvalue weighted by Crippen LogP contribution is -2.35. The minimum absolute atomic E-state index is 0.0697. The first kappa shape index (κ1) is 23.1. The molecule has 4 rings (SSSR count). The second-order valence-electron chi connectivity index (χ2n) is 7.74. The number of aryl methyl sites for hydroxylation is 2. The molecular weight excluding hydrogens is 467 g/mol. The molecule has 0 atom stereocenters. The van der Waals surface area contributed by atoms with Gasteiger partial charge in [-0.2, -0.15) is 0 Å². The maximum absolute atomic E-state index is 14.0. The van der Waals surface area contributed by atoms with E-state index in [-0.39, 0.29) is 27.8 Å². The van der Waals surface area contributed by atoms with Crippen molar-refractivity contribution in [1.82, 2.24) is 0 Å². The van der Waals surface area contributed by atoms with E-state index in [1.165, 1.54) is 29.6 Å². The van der Waals surface area contributed by atoms with E-state index in [0.29, 0.717) is 18.5 Å². The number of anilines is 2. The highest BCUT2D eigenvalue weighted by molar-refractivity contribution is 7.93.